The molecule has 2 aromatic heterocycles. The lowest BCUT2D eigenvalue weighted by Crippen LogP contribution is -2.60. The molecule has 2 saturated carbocycles. The number of benzene rings is 1. The molecule has 0 radical (unpaired) electrons. The second-order valence-electron chi connectivity index (χ2n) is 12.5. The number of nitrogens with zero attached hydrogens (tertiary/aromatic N) is 4. The zero-order valence-electron chi connectivity index (χ0n) is 21.6. The summed E-state index contributed by atoms with van der Waals surface area (Å²) >= 11 is 0. The third-order valence-corrected chi connectivity index (χ3v) is 10.4. The molecule has 4 unspecified atom stereocenters. The van der Waals surface area contributed by atoms with Crippen molar-refractivity contribution in [2.45, 2.75) is 103 Å². The summed E-state index contributed by atoms with van der Waals surface area (Å²) in [6.45, 7) is 7.02. The van der Waals surface area contributed by atoms with E-state index < -0.39 is 0 Å². The minimum Gasteiger partial charge on any atom is -0.361 e. The molecular weight excluding hydrogens is 432 g/mol. The largest absolute Gasteiger partial charge is 0.361 e. The monoisotopic (exact) mass is 472 g/mol. The van der Waals surface area contributed by atoms with Gasteiger partial charge in [-0.3, -0.25) is 4.90 Å². The van der Waals surface area contributed by atoms with Gasteiger partial charge in [0.05, 0.1) is 11.0 Å². The van der Waals surface area contributed by atoms with E-state index in [2.05, 4.69) is 52.7 Å². The van der Waals surface area contributed by atoms with Gasteiger partial charge >= 0.3 is 0 Å². The highest BCUT2D eigenvalue weighted by atomic mass is 16.5. The highest BCUT2D eigenvalue weighted by Gasteiger charge is 2.48. The van der Waals surface area contributed by atoms with E-state index >= 15 is 0 Å². The van der Waals surface area contributed by atoms with Gasteiger partial charge in [0, 0.05) is 30.2 Å². The first kappa shape index (κ1) is 22.1. The molecule has 2 aliphatic carbocycles. The molecule has 35 heavy (non-hydrogen) atoms. The molecule has 5 nitrogen and oxygen atoms in total. The van der Waals surface area contributed by atoms with Crippen molar-refractivity contribution in [1.29, 1.82) is 0 Å². The summed E-state index contributed by atoms with van der Waals surface area (Å²) in [4.78, 5) is 8.14. The molecule has 2 aliphatic heterocycles. The summed E-state index contributed by atoms with van der Waals surface area (Å²) in [5.41, 5.74) is 3.18. The van der Waals surface area contributed by atoms with E-state index in [0.29, 0.717) is 18.1 Å². The van der Waals surface area contributed by atoms with Gasteiger partial charge < -0.3 is 9.09 Å². The zero-order chi connectivity index (χ0) is 23.7. The third-order valence-electron chi connectivity index (χ3n) is 10.4. The number of fused-ring (bicyclic) bond motifs is 5. The van der Waals surface area contributed by atoms with Crippen LogP contribution in [0.4, 0.5) is 0 Å². The van der Waals surface area contributed by atoms with Crippen LogP contribution in [0.2, 0.25) is 0 Å². The van der Waals surface area contributed by atoms with Gasteiger partial charge in [-0.25, -0.2) is 4.98 Å². The first-order valence-electron chi connectivity index (χ1n) is 14.2. The van der Waals surface area contributed by atoms with Crippen LogP contribution >= 0.6 is 0 Å². The van der Waals surface area contributed by atoms with Gasteiger partial charge in [-0.1, -0.05) is 44.0 Å². The zero-order valence-corrected chi connectivity index (χ0v) is 21.6. The predicted octanol–water partition coefficient (Wildman–Crippen LogP) is 7.02. The van der Waals surface area contributed by atoms with Crippen molar-refractivity contribution in [1.82, 2.24) is 19.6 Å². The Labute approximate surface area is 209 Å². The van der Waals surface area contributed by atoms with Crippen LogP contribution in [-0.4, -0.2) is 37.7 Å². The first-order valence-corrected chi connectivity index (χ1v) is 14.2. The number of hydrogen-bond donors (Lipinski definition) is 0. The Morgan fingerprint density at radius 3 is 2.57 bits per heavy atom. The van der Waals surface area contributed by atoms with Crippen LogP contribution in [0.15, 0.2) is 34.9 Å². The summed E-state index contributed by atoms with van der Waals surface area (Å²) in [6, 6.07) is 13.3. The molecule has 0 N–H and O–H groups in total. The number of aryl methyl sites for hydroxylation is 1. The summed E-state index contributed by atoms with van der Waals surface area (Å²) in [6.07, 6.45) is 12.5. The van der Waals surface area contributed by atoms with Crippen LogP contribution < -0.4 is 0 Å². The summed E-state index contributed by atoms with van der Waals surface area (Å²) in [5, 5.41) is 4.38. The lowest BCUT2D eigenvalue weighted by atomic mass is 9.64. The van der Waals surface area contributed by atoms with Crippen molar-refractivity contribution in [3.8, 4) is 11.5 Å². The Kier molecular flexibility index (Phi) is 5.34. The highest BCUT2D eigenvalue weighted by molar-refractivity contribution is 5.80. The van der Waals surface area contributed by atoms with E-state index in [1.807, 2.05) is 13.0 Å². The predicted molar refractivity (Wildman–Crippen MR) is 139 cm³/mol. The maximum atomic E-state index is 5.48. The fourth-order valence-electron chi connectivity index (χ4n) is 8.62. The van der Waals surface area contributed by atoms with Gasteiger partial charge in [0.1, 0.15) is 11.5 Å². The van der Waals surface area contributed by atoms with E-state index in [1.165, 1.54) is 63.3 Å². The molecule has 4 bridgehead atoms. The van der Waals surface area contributed by atoms with Crippen LogP contribution in [0.5, 0.6) is 0 Å². The van der Waals surface area contributed by atoms with Gasteiger partial charge in [0.2, 0.25) is 0 Å². The highest BCUT2D eigenvalue weighted by Crippen LogP contribution is 2.50. The number of piperidine rings is 2. The average Bonchev–Trinajstić information content (AvgIpc) is 3.47. The Morgan fingerprint density at radius 2 is 1.71 bits per heavy atom. The fourth-order valence-corrected chi connectivity index (χ4v) is 8.62. The molecule has 8 atom stereocenters. The number of aromatic nitrogens is 3. The molecular formula is C30H40N4O. The number of imidazole rings is 1. The topological polar surface area (TPSA) is 47.1 Å². The minimum absolute atomic E-state index is 0.463. The summed E-state index contributed by atoms with van der Waals surface area (Å²) < 4.78 is 8.01. The van der Waals surface area contributed by atoms with Crippen LogP contribution in [0.3, 0.4) is 0 Å². The lowest BCUT2D eigenvalue weighted by molar-refractivity contribution is -0.0739. The smallest absolute Gasteiger partial charge is 0.163 e. The van der Waals surface area contributed by atoms with E-state index in [1.54, 1.807) is 0 Å². The first-order chi connectivity index (χ1) is 17.0. The number of rotatable bonds is 3. The Hall–Kier alpha value is -2.14. The van der Waals surface area contributed by atoms with Crippen molar-refractivity contribution in [3.63, 3.8) is 0 Å². The van der Waals surface area contributed by atoms with Gasteiger partial charge in [-0.05, 0) is 87.7 Å². The maximum absolute atomic E-state index is 5.48. The quantitative estimate of drug-likeness (QED) is 0.411. The molecule has 186 valence electrons. The Morgan fingerprint density at radius 1 is 0.857 bits per heavy atom. The van der Waals surface area contributed by atoms with Crippen molar-refractivity contribution >= 4 is 11.0 Å². The van der Waals surface area contributed by atoms with Crippen molar-refractivity contribution in [2.75, 3.05) is 0 Å². The van der Waals surface area contributed by atoms with Crippen LogP contribution in [0.25, 0.3) is 22.6 Å². The van der Waals surface area contributed by atoms with Crippen LogP contribution in [-0.2, 0) is 0 Å². The third kappa shape index (κ3) is 3.68. The standard InChI is InChI=1S/C30H40N4O/c1-18-8-10-21-13-22(18)15-24(14-21)33-23-11-9-19(2)29(33)17-25(16-23)34-28-7-5-4-6-26(28)31-30(34)27-12-20(3)35-32-27/h4-7,12,18-19,21-25,29H,8-11,13-17H2,1-3H3/t18?,19?,21-,22?,23+,24+,25-,29?/m1/s1. The van der Waals surface area contributed by atoms with Gasteiger partial charge in [0.25, 0.3) is 0 Å². The minimum atomic E-state index is 0.463. The number of para-hydroxylation sites is 2. The molecule has 0 spiro atoms. The molecule has 0 amide bonds. The van der Waals surface area contributed by atoms with E-state index in [9.17, 15) is 0 Å². The summed E-state index contributed by atoms with van der Waals surface area (Å²) in [7, 11) is 0. The Bertz CT molecular complexity index is 1210. The van der Waals surface area contributed by atoms with Crippen LogP contribution in [0.1, 0.15) is 83.4 Å². The molecule has 4 aliphatic rings. The summed E-state index contributed by atoms with van der Waals surface area (Å²) in [5.74, 6) is 5.45. The lowest BCUT2D eigenvalue weighted by Gasteiger charge is -2.57. The number of hydrogen-bond acceptors (Lipinski definition) is 4. The maximum Gasteiger partial charge on any atom is 0.163 e. The van der Waals surface area contributed by atoms with Gasteiger partial charge in [-0.2, -0.15) is 0 Å². The molecule has 1 aromatic carbocycles. The fraction of sp³-hybridized carbons (Fsp3) is 0.667. The van der Waals surface area contributed by atoms with Gasteiger partial charge in [-0.15, -0.1) is 0 Å². The molecule has 2 saturated heterocycles. The molecule has 4 fully saturated rings. The van der Waals surface area contributed by atoms with Crippen LogP contribution in [0, 0.1) is 30.6 Å². The van der Waals surface area contributed by atoms with Crippen molar-refractivity contribution in [3.05, 3.63) is 36.1 Å². The second kappa shape index (κ2) is 8.47. The Balaban J connectivity index is 1.24. The van der Waals surface area contributed by atoms with E-state index in [0.717, 1.165) is 52.5 Å². The molecule has 7 rings (SSSR count). The van der Waals surface area contributed by atoms with E-state index in [4.69, 9.17) is 9.51 Å². The van der Waals surface area contributed by atoms with Gasteiger partial charge in [0.15, 0.2) is 5.82 Å². The second-order valence-corrected chi connectivity index (χ2v) is 12.5. The van der Waals surface area contributed by atoms with Crippen molar-refractivity contribution in [2.24, 2.45) is 23.7 Å². The van der Waals surface area contributed by atoms with Crippen molar-refractivity contribution < 1.29 is 4.52 Å². The molecule has 3 aromatic rings. The SMILES string of the molecule is Cc1cc(-c2nc3ccccc3n2[C@H]2CC3C(C)CC[C@@H](C2)N3[C@@H]2CC3C[C@@H](CCC3C)C2)no1. The van der Waals surface area contributed by atoms with E-state index in [-0.39, 0.29) is 0 Å². The molecule has 4 heterocycles. The normalized spacial score (nSPS) is 37.6. The average molecular weight is 473 g/mol. The molecule has 5 heteroatoms.